The standard InChI is InChI=1S/C29H44O/c1-3-4-5-6-7-8-9-10-11-12-13-14-15-16-25-30-29-23-21-28(22-24-29)27-19-17-26(2)18-20-27/h17-24H,3-16,25H2,1-2H3. The van der Waals surface area contributed by atoms with Crippen molar-refractivity contribution in [1.29, 1.82) is 0 Å². The molecule has 0 aromatic heterocycles. The van der Waals surface area contributed by atoms with Crippen LogP contribution in [0.5, 0.6) is 5.75 Å². The lowest BCUT2D eigenvalue weighted by Gasteiger charge is -2.08. The molecule has 0 fully saturated rings. The summed E-state index contributed by atoms with van der Waals surface area (Å²) in [6.07, 6.45) is 19.5. The predicted octanol–water partition coefficient (Wildman–Crippen LogP) is 9.52. The molecule has 30 heavy (non-hydrogen) atoms. The Bertz CT molecular complexity index is 641. The molecule has 0 unspecified atom stereocenters. The topological polar surface area (TPSA) is 9.23 Å². The zero-order valence-corrected chi connectivity index (χ0v) is 19.6. The van der Waals surface area contributed by atoms with Crippen LogP contribution in [0.3, 0.4) is 0 Å². The molecule has 0 aliphatic carbocycles. The van der Waals surface area contributed by atoms with Gasteiger partial charge in [-0.05, 0) is 36.6 Å². The second kappa shape index (κ2) is 16.0. The molecule has 0 saturated heterocycles. The third-order valence-corrected chi connectivity index (χ3v) is 6.01. The lowest BCUT2D eigenvalue weighted by molar-refractivity contribution is 0.304. The van der Waals surface area contributed by atoms with Crippen molar-refractivity contribution in [2.75, 3.05) is 6.61 Å². The maximum Gasteiger partial charge on any atom is 0.119 e. The number of hydrogen-bond acceptors (Lipinski definition) is 1. The van der Waals surface area contributed by atoms with E-state index < -0.39 is 0 Å². The van der Waals surface area contributed by atoms with Crippen LogP contribution in [0.2, 0.25) is 0 Å². The van der Waals surface area contributed by atoms with Crippen LogP contribution in [0.1, 0.15) is 102 Å². The van der Waals surface area contributed by atoms with Crippen LogP contribution < -0.4 is 4.74 Å². The molecule has 2 rings (SSSR count). The highest BCUT2D eigenvalue weighted by Gasteiger charge is 1.99. The smallest absolute Gasteiger partial charge is 0.119 e. The fourth-order valence-electron chi connectivity index (χ4n) is 3.98. The quantitative estimate of drug-likeness (QED) is 0.237. The lowest BCUT2D eigenvalue weighted by atomic mass is 10.0. The first-order chi connectivity index (χ1) is 14.8. The van der Waals surface area contributed by atoms with Crippen molar-refractivity contribution in [1.82, 2.24) is 0 Å². The van der Waals surface area contributed by atoms with Gasteiger partial charge in [-0.2, -0.15) is 0 Å². The van der Waals surface area contributed by atoms with Gasteiger partial charge in [0.1, 0.15) is 5.75 Å². The van der Waals surface area contributed by atoms with Crippen LogP contribution in [0, 0.1) is 6.92 Å². The minimum Gasteiger partial charge on any atom is -0.494 e. The number of aryl methyl sites for hydroxylation is 1. The van der Waals surface area contributed by atoms with Gasteiger partial charge in [-0.1, -0.05) is 132 Å². The van der Waals surface area contributed by atoms with E-state index in [9.17, 15) is 0 Å². The van der Waals surface area contributed by atoms with Crippen LogP contribution in [-0.2, 0) is 0 Å². The van der Waals surface area contributed by atoms with Crippen LogP contribution in [0.4, 0.5) is 0 Å². The summed E-state index contributed by atoms with van der Waals surface area (Å²) in [6.45, 7) is 5.25. The second-order valence-corrected chi connectivity index (χ2v) is 8.84. The van der Waals surface area contributed by atoms with Gasteiger partial charge in [0.2, 0.25) is 0 Å². The van der Waals surface area contributed by atoms with Crippen molar-refractivity contribution < 1.29 is 4.74 Å². The van der Waals surface area contributed by atoms with Crippen molar-refractivity contribution in [3.63, 3.8) is 0 Å². The fourth-order valence-corrected chi connectivity index (χ4v) is 3.98. The molecule has 0 heterocycles. The first kappa shape index (κ1) is 24.5. The molecular weight excluding hydrogens is 364 g/mol. The molecule has 0 spiro atoms. The van der Waals surface area contributed by atoms with E-state index in [0.29, 0.717) is 0 Å². The summed E-state index contributed by atoms with van der Waals surface area (Å²) < 4.78 is 5.92. The molecule has 1 heteroatoms. The molecule has 0 aliphatic rings. The first-order valence-corrected chi connectivity index (χ1v) is 12.6. The molecular formula is C29H44O. The third-order valence-electron chi connectivity index (χ3n) is 6.01. The van der Waals surface area contributed by atoms with Crippen molar-refractivity contribution in [2.24, 2.45) is 0 Å². The minimum atomic E-state index is 0.835. The first-order valence-electron chi connectivity index (χ1n) is 12.6. The van der Waals surface area contributed by atoms with Gasteiger partial charge in [-0.25, -0.2) is 0 Å². The normalized spacial score (nSPS) is 11.0. The van der Waals surface area contributed by atoms with E-state index in [-0.39, 0.29) is 0 Å². The molecule has 0 amide bonds. The number of benzene rings is 2. The van der Waals surface area contributed by atoms with Crippen molar-refractivity contribution in [2.45, 2.75) is 104 Å². The molecule has 0 saturated carbocycles. The molecule has 0 atom stereocenters. The Kier molecular flexibility index (Phi) is 13.1. The van der Waals surface area contributed by atoms with E-state index >= 15 is 0 Å². The summed E-state index contributed by atoms with van der Waals surface area (Å²) in [5.41, 5.74) is 3.81. The predicted molar refractivity (Wildman–Crippen MR) is 132 cm³/mol. The molecule has 2 aromatic carbocycles. The average molecular weight is 409 g/mol. The number of rotatable bonds is 17. The second-order valence-electron chi connectivity index (χ2n) is 8.84. The monoisotopic (exact) mass is 408 g/mol. The Balaban J connectivity index is 1.41. The molecule has 0 N–H and O–H groups in total. The van der Waals surface area contributed by atoms with Gasteiger partial charge < -0.3 is 4.74 Å². The van der Waals surface area contributed by atoms with Crippen LogP contribution in [-0.4, -0.2) is 6.61 Å². The largest absolute Gasteiger partial charge is 0.494 e. The van der Waals surface area contributed by atoms with E-state index in [1.807, 2.05) is 0 Å². The van der Waals surface area contributed by atoms with Gasteiger partial charge in [-0.15, -0.1) is 0 Å². The maximum absolute atomic E-state index is 5.92. The van der Waals surface area contributed by atoms with Crippen LogP contribution in [0.25, 0.3) is 11.1 Å². The highest BCUT2D eigenvalue weighted by Crippen LogP contribution is 2.23. The van der Waals surface area contributed by atoms with Gasteiger partial charge >= 0.3 is 0 Å². The van der Waals surface area contributed by atoms with Gasteiger partial charge in [0.25, 0.3) is 0 Å². The van der Waals surface area contributed by atoms with Crippen LogP contribution in [0.15, 0.2) is 48.5 Å². The average Bonchev–Trinajstić information content (AvgIpc) is 2.77. The summed E-state index contributed by atoms with van der Waals surface area (Å²) in [7, 11) is 0. The SMILES string of the molecule is CCCCCCCCCCCCCCCCOc1ccc(-c2ccc(C)cc2)cc1. The fraction of sp³-hybridized carbons (Fsp3) is 0.586. The van der Waals surface area contributed by atoms with E-state index in [4.69, 9.17) is 4.74 Å². The summed E-state index contributed by atoms with van der Waals surface area (Å²) in [4.78, 5) is 0. The molecule has 0 radical (unpaired) electrons. The van der Waals surface area contributed by atoms with Crippen molar-refractivity contribution >= 4 is 0 Å². The Morgan fingerprint density at radius 3 is 1.37 bits per heavy atom. The summed E-state index contributed by atoms with van der Waals surface area (Å²) >= 11 is 0. The number of unbranched alkanes of at least 4 members (excludes halogenated alkanes) is 13. The van der Waals surface area contributed by atoms with Crippen molar-refractivity contribution in [3.8, 4) is 16.9 Å². The molecule has 0 aliphatic heterocycles. The molecule has 166 valence electrons. The summed E-state index contributed by atoms with van der Waals surface area (Å²) in [5.74, 6) is 0.987. The van der Waals surface area contributed by atoms with Gasteiger partial charge in [-0.3, -0.25) is 0 Å². The van der Waals surface area contributed by atoms with E-state index in [0.717, 1.165) is 18.8 Å². The maximum atomic E-state index is 5.92. The van der Waals surface area contributed by atoms with Gasteiger partial charge in [0.05, 0.1) is 6.61 Å². The Morgan fingerprint density at radius 2 is 0.900 bits per heavy atom. The number of ether oxygens (including phenoxy) is 1. The molecule has 1 nitrogen and oxygen atoms in total. The molecule has 2 aromatic rings. The number of hydrogen-bond donors (Lipinski definition) is 0. The summed E-state index contributed by atoms with van der Waals surface area (Å²) in [6, 6.07) is 17.2. The van der Waals surface area contributed by atoms with E-state index in [2.05, 4.69) is 62.4 Å². The zero-order valence-electron chi connectivity index (χ0n) is 19.6. The van der Waals surface area contributed by atoms with E-state index in [1.165, 1.54) is 100 Å². The minimum absolute atomic E-state index is 0.835. The van der Waals surface area contributed by atoms with E-state index in [1.54, 1.807) is 0 Å². The Morgan fingerprint density at radius 1 is 0.500 bits per heavy atom. The Labute approximate surface area is 186 Å². The zero-order chi connectivity index (χ0) is 21.3. The van der Waals surface area contributed by atoms with Gasteiger partial charge in [0, 0.05) is 0 Å². The molecule has 0 bridgehead atoms. The van der Waals surface area contributed by atoms with Crippen molar-refractivity contribution in [3.05, 3.63) is 54.1 Å². The lowest BCUT2D eigenvalue weighted by Crippen LogP contribution is -1.97. The highest BCUT2D eigenvalue weighted by atomic mass is 16.5. The van der Waals surface area contributed by atoms with Crippen LogP contribution >= 0.6 is 0 Å². The van der Waals surface area contributed by atoms with Gasteiger partial charge in [0.15, 0.2) is 0 Å². The Hall–Kier alpha value is -1.76. The highest BCUT2D eigenvalue weighted by molar-refractivity contribution is 5.64. The third kappa shape index (κ3) is 10.9. The summed E-state index contributed by atoms with van der Waals surface area (Å²) in [5, 5.41) is 0.